The number of piperidine rings is 1. The van der Waals surface area contributed by atoms with Gasteiger partial charge in [-0.15, -0.1) is 0 Å². The molecule has 7 nitrogen and oxygen atoms in total. The molecule has 0 aliphatic carbocycles. The Labute approximate surface area is 195 Å². The number of likely N-dealkylation sites (tertiary alicyclic amines) is 1. The summed E-state index contributed by atoms with van der Waals surface area (Å²) in [4.78, 5) is 26.1. The van der Waals surface area contributed by atoms with Crippen molar-refractivity contribution >= 4 is 11.9 Å². The Morgan fingerprint density at radius 2 is 1.79 bits per heavy atom. The van der Waals surface area contributed by atoms with Crippen LogP contribution in [0.2, 0.25) is 0 Å². The number of amides is 1. The van der Waals surface area contributed by atoms with Crippen LogP contribution in [0.1, 0.15) is 49.5 Å². The third-order valence-electron chi connectivity index (χ3n) is 6.19. The number of carbonyl (C=O) groups excluding carboxylic acids is 2. The molecule has 176 valence electrons. The van der Waals surface area contributed by atoms with Crippen molar-refractivity contribution in [1.29, 1.82) is 0 Å². The highest BCUT2D eigenvalue weighted by atomic mass is 16.6. The first kappa shape index (κ1) is 23.1. The van der Waals surface area contributed by atoms with E-state index in [4.69, 9.17) is 14.2 Å². The van der Waals surface area contributed by atoms with E-state index in [1.807, 2.05) is 41.3 Å². The van der Waals surface area contributed by atoms with Gasteiger partial charge in [0, 0.05) is 45.0 Å². The fourth-order valence-electron chi connectivity index (χ4n) is 4.34. The van der Waals surface area contributed by atoms with E-state index in [-0.39, 0.29) is 18.6 Å². The second-order valence-electron chi connectivity index (χ2n) is 8.50. The maximum atomic E-state index is 12.7. The fourth-order valence-corrected chi connectivity index (χ4v) is 4.34. The summed E-state index contributed by atoms with van der Waals surface area (Å²) >= 11 is 0. The van der Waals surface area contributed by atoms with Gasteiger partial charge in [-0.05, 0) is 55.3 Å². The third kappa shape index (κ3) is 5.85. The molecule has 0 radical (unpaired) electrons. The van der Waals surface area contributed by atoms with E-state index >= 15 is 0 Å². The van der Waals surface area contributed by atoms with E-state index in [0.29, 0.717) is 24.4 Å². The Kier molecular flexibility index (Phi) is 7.50. The molecule has 1 fully saturated rings. The quantitative estimate of drug-likeness (QED) is 0.649. The molecule has 0 saturated carbocycles. The molecule has 0 bridgehead atoms. The van der Waals surface area contributed by atoms with Gasteiger partial charge < -0.3 is 24.4 Å². The number of carbonyl (C=O) groups is 2. The van der Waals surface area contributed by atoms with Gasteiger partial charge in [-0.3, -0.25) is 4.79 Å². The number of esters is 1. The average Bonchev–Trinajstić information content (AvgIpc) is 2.83. The molecule has 1 unspecified atom stereocenters. The number of hydrogen-bond donors (Lipinski definition) is 1. The zero-order valence-corrected chi connectivity index (χ0v) is 19.3. The Hall–Kier alpha value is -3.06. The third-order valence-corrected chi connectivity index (χ3v) is 6.19. The monoisotopic (exact) mass is 452 g/mol. The Bertz CT molecular complexity index is 967. The van der Waals surface area contributed by atoms with Gasteiger partial charge in [0.1, 0.15) is 17.6 Å². The lowest BCUT2D eigenvalue weighted by molar-refractivity contribution is -0.151. The number of benzene rings is 2. The number of fused-ring (bicyclic) bond motifs is 1. The Morgan fingerprint density at radius 1 is 1.06 bits per heavy atom. The van der Waals surface area contributed by atoms with Gasteiger partial charge in [0.15, 0.2) is 0 Å². The summed E-state index contributed by atoms with van der Waals surface area (Å²) in [5.74, 6) is 1.08. The minimum absolute atomic E-state index is 0.0765. The van der Waals surface area contributed by atoms with Crippen molar-refractivity contribution in [1.82, 2.24) is 10.2 Å². The van der Waals surface area contributed by atoms with Gasteiger partial charge in [0.05, 0.1) is 6.61 Å². The van der Waals surface area contributed by atoms with Gasteiger partial charge >= 0.3 is 5.97 Å². The second-order valence-corrected chi connectivity index (χ2v) is 8.50. The minimum atomic E-state index is -0.854. The predicted molar refractivity (Wildman–Crippen MR) is 124 cm³/mol. The zero-order valence-electron chi connectivity index (χ0n) is 19.3. The van der Waals surface area contributed by atoms with E-state index in [1.165, 1.54) is 11.1 Å². The van der Waals surface area contributed by atoms with Crippen LogP contribution in [0.4, 0.5) is 0 Å². The SMILES string of the molecule is CCOC(=O)C(Oc1ccc2c(c1)CNCC2)c1ccc(OC2CCN(C(C)=O)CC2)cc1. The molecule has 4 rings (SSSR count). The topological polar surface area (TPSA) is 77.1 Å². The van der Waals surface area contributed by atoms with Crippen LogP contribution in [0.5, 0.6) is 11.5 Å². The molecule has 2 aromatic rings. The van der Waals surface area contributed by atoms with Crippen molar-refractivity contribution in [3.05, 3.63) is 59.2 Å². The highest BCUT2D eigenvalue weighted by molar-refractivity contribution is 5.77. The van der Waals surface area contributed by atoms with Crippen molar-refractivity contribution in [3.8, 4) is 11.5 Å². The van der Waals surface area contributed by atoms with Crippen molar-refractivity contribution in [2.24, 2.45) is 0 Å². The summed E-state index contributed by atoms with van der Waals surface area (Å²) in [5.41, 5.74) is 3.22. The van der Waals surface area contributed by atoms with Crippen LogP contribution >= 0.6 is 0 Å². The molecule has 0 aromatic heterocycles. The summed E-state index contributed by atoms with van der Waals surface area (Å²) < 4.78 is 17.5. The maximum absolute atomic E-state index is 12.7. The summed E-state index contributed by atoms with van der Waals surface area (Å²) in [5, 5.41) is 3.36. The van der Waals surface area contributed by atoms with Crippen molar-refractivity contribution in [3.63, 3.8) is 0 Å². The summed E-state index contributed by atoms with van der Waals surface area (Å²) in [6.45, 7) is 6.88. The Balaban J connectivity index is 1.44. The molecule has 1 saturated heterocycles. The normalized spacial score (nSPS) is 17.1. The predicted octanol–water partition coefficient (Wildman–Crippen LogP) is 3.41. The number of nitrogens with one attached hydrogen (secondary N) is 1. The number of rotatable bonds is 7. The van der Waals surface area contributed by atoms with E-state index in [9.17, 15) is 9.59 Å². The molecule has 0 spiro atoms. The lowest BCUT2D eigenvalue weighted by atomic mass is 10.0. The molecule has 1 N–H and O–H groups in total. The molecule has 2 aliphatic rings. The first-order valence-electron chi connectivity index (χ1n) is 11.7. The van der Waals surface area contributed by atoms with Crippen LogP contribution in [-0.4, -0.2) is 49.1 Å². The molecule has 2 aromatic carbocycles. The van der Waals surface area contributed by atoms with Crippen LogP contribution in [-0.2, 0) is 27.3 Å². The van der Waals surface area contributed by atoms with Crippen molar-refractivity contribution < 1.29 is 23.8 Å². The van der Waals surface area contributed by atoms with Crippen LogP contribution in [0.3, 0.4) is 0 Å². The zero-order chi connectivity index (χ0) is 23.2. The smallest absolute Gasteiger partial charge is 0.352 e. The molecular formula is C26H32N2O5. The first-order valence-corrected chi connectivity index (χ1v) is 11.7. The summed E-state index contributed by atoms with van der Waals surface area (Å²) in [6, 6.07) is 13.4. The summed E-state index contributed by atoms with van der Waals surface area (Å²) in [7, 11) is 0. The van der Waals surface area contributed by atoms with E-state index in [2.05, 4.69) is 11.4 Å². The minimum Gasteiger partial charge on any atom is -0.490 e. The van der Waals surface area contributed by atoms with E-state index in [0.717, 1.165) is 38.1 Å². The number of ether oxygens (including phenoxy) is 3. The molecule has 2 heterocycles. The molecule has 1 atom stereocenters. The lowest BCUT2D eigenvalue weighted by Gasteiger charge is -2.31. The van der Waals surface area contributed by atoms with Crippen LogP contribution in [0.15, 0.2) is 42.5 Å². The lowest BCUT2D eigenvalue weighted by Crippen LogP contribution is -2.40. The van der Waals surface area contributed by atoms with Crippen molar-refractivity contribution in [2.75, 3.05) is 26.2 Å². The second kappa shape index (κ2) is 10.7. The maximum Gasteiger partial charge on any atom is 0.352 e. The van der Waals surface area contributed by atoms with E-state index in [1.54, 1.807) is 13.8 Å². The van der Waals surface area contributed by atoms with Crippen LogP contribution in [0.25, 0.3) is 0 Å². The molecular weight excluding hydrogens is 420 g/mol. The van der Waals surface area contributed by atoms with Crippen LogP contribution in [0, 0.1) is 0 Å². The Morgan fingerprint density at radius 3 is 2.48 bits per heavy atom. The standard InChI is InChI=1S/C26H32N2O5/c1-3-31-26(30)25(33-24-9-4-19-10-13-27-17-21(19)16-24)20-5-7-22(8-6-20)32-23-11-14-28(15-12-23)18(2)29/h4-9,16,23,25,27H,3,10-15,17H2,1-2H3. The molecule has 2 aliphatic heterocycles. The number of hydrogen-bond acceptors (Lipinski definition) is 6. The van der Waals surface area contributed by atoms with Gasteiger partial charge in [-0.25, -0.2) is 4.79 Å². The highest BCUT2D eigenvalue weighted by Gasteiger charge is 2.26. The highest BCUT2D eigenvalue weighted by Crippen LogP contribution is 2.28. The fraction of sp³-hybridized carbons (Fsp3) is 0.462. The van der Waals surface area contributed by atoms with Crippen molar-refractivity contribution in [2.45, 2.75) is 51.9 Å². The van der Waals surface area contributed by atoms with Gasteiger partial charge in [-0.1, -0.05) is 18.2 Å². The van der Waals surface area contributed by atoms with Gasteiger partial charge in [0.25, 0.3) is 0 Å². The molecule has 1 amide bonds. The largest absolute Gasteiger partial charge is 0.490 e. The molecule has 7 heteroatoms. The number of nitrogens with zero attached hydrogens (tertiary/aromatic N) is 1. The summed E-state index contributed by atoms with van der Waals surface area (Å²) in [6.07, 6.45) is 1.83. The van der Waals surface area contributed by atoms with E-state index < -0.39 is 12.1 Å². The molecule has 33 heavy (non-hydrogen) atoms. The van der Waals surface area contributed by atoms with Crippen LogP contribution < -0.4 is 14.8 Å². The van der Waals surface area contributed by atoms with Gasteiger partial charge in [0.2, 0.25) is 12.0 Å². The average molecular weight is 453 g/mol. The first-order chi connectivity index (χ1) is 16.0. The van der Waals surface area contributed by atoms with Gasteiger partial charge in [-0.2, -0.15) is 0 Å².